The maximum atomic E-state index is 12.5. The molecular formula is C19H21N3O2S2. The van der Waals surface area contributed by atoms with Crippen molar-refractivity contribution < 1.29 is 4.79 Å². The molecule has 26 heavy (non-hydrogen) atoms. The molecule has 0 spiro atoms. The molecular weight excluding hydrogens is 366 g/mol. The molecule has 0 bridgehead atoms. The van der Waals surface area contributed by atoms with Gasteiger partial charge >= 0.3 is 0 Å². The fourth-order valence-corrected chi connectivity index (χ4v) is 4.33. The fourth-order valence-electron chi connectivity index (χ4n) is 2.74. The summed E-state index contributed by atoms with van der Waals surface area (Å²) in [5, 5.41) is 5.50. The van der Waals surface area contributed by atoms with Crippen LogP contribution in [0, 0.1) is 5.92 Å². The van der Waals surface area contributed by atoms with E-state index in [2.05, 4.69) is 24.1 Å². The first-order valence-electron chi connectivity index (χ1n) is 8.38. The summed E-state index contributed by atoms with van der Waals surface area (Å²) in [4.78, 5) is 29.3. The van der Waals surface area contributed by atoms with Crippen LogP contribution in [0.4, 0.5) is 0 Å². The Balaban J connectivity index is 1.70. The van der Waals surface area contributed by atoms with Crippen molar-refractivity contribution in [3.63, 3.8) is 0 Å². The molecule has 136 valence electrons. The summed E-state index contributed by atoms with van der Waals surface area (Å²) in [5.41, 5.74) is 1.70. The third-order valence-electron chi connectivity index (χ3n) is 4.12. The van der Waals surface area contributed by atoms with Crippen LogP contribution in [0.5, 0.6) is 0 Å². The number of thiophene rings is 1. The maximum Gasteiger partial charge on any atom is 0.271 e. The van der Waals surface area contributed by atoms with Crippen molar-refractivity contribution in [1.82, 2.24) is 14.9 Å². The lowest BCUT2D eigenvalue weighted by molar-refractivity contribution is -0.119. The van der Waals surface area contributed by atoms with Crippen molar-refractivity contribution in [3.8, 4) is 0 Å². The van der Waals surface area contributed by atoms with Gasteiger partial charge in [-0.25, -0.2) is 4.98 Å². The van der Waals surface area contributed by atoms with Crippen LogP contribution < -0.4 is 10.9 Å². The van der Waals surface area contributed by atoms with Gasteiger partial charge in [-0.1, -0.05) is 55.9 Å². The lowest BCUT2D eigenvalue weighted by atomic mass is 9.96. The van der Waals surface area contributed by atoms with Gasteiger partial charge in [-0.15, -0.1) is 11.3 Å². The minimum absolute atomic E-state index is 0.0413. The van der Waals surface area contributed by atoms with Gasteiger partial charge in [0.1, 0.15) is 4.70 Å². The second-order valence-electron chi connectivity index (χ2n) is 6.38. The van der Waals surface area contributed by atoms with Gasteiger partial charge in [-0.3, -0.25) is 14.2 Å². The smallest absolute Gasteiger partial charge is 0.271 e. The topological polar surface area (TPSA) is 64.0 Å². The van der Waals surface area contributed by atoms with Crippen LogP contribution in [0.2, 0.25) is 0 Å². The van der Waals surface area contributed by atoms with E-state index in [0.29, 0.717) is 15.4 Å². The number of thioether (sulfide) groups is 1. The lowest BCUT2D eigenvalue weighted by Crippen LogP contribution is -2.33. The molecule has 1 atom stereocenters. The van der Waals surface area contributed by atoms with E-state index in [1.807, 2.05) is 41.8 Å². The molecule has 2 aromatic heterocycles. The number of aromatic nitrogens is 2. The number of carbonyl (C=O) groups is 1. The Kier molecular flexibility index (Phi) is 5.78. The van der Waals surface area contributed by atoms with Crippen molar-refractivity contribution in [2.75, 3.05) is 5.75 Å². The molecule has 1 unspecified atom stereocenters. The Morgan fingerprint density at radius 1 is 1.27 bits per heavy atom. The van der Waals surface area contributed by atoms with Crippen molar-refractivity contribution in [3.05, 3.63) is 57.7 Å². The number of fused-ring (bicyclic) bond motifs is 1. The van der Waals surface area contributed by atoms with Crippen LogP contribution >= 0.6 is 23.1 Å². The number of amides is 1. The first kappa shape index (κ1) is 18.7. The molecule has 3 rings (SSSR count). The van der Waals surface area contributed by atoms with E-state index < -0.39 is 0 Å². The molecule has 0 saturated heterocycles. The van der Waals surface area contributed by atoms with E-state index in [9.17, 15) is 9.59 Å². The Bertz CT molecular complexity index is 964. The van der Waals surface area contributed by atoms with E-state index in [4.69, 9.17) is 0 Å². The number of hydrogen-bond acceptors (Lipinski definition) is 5. The second kappa shape index (κ2) is 8.05. The molecule has 1 N–H and O–H groups in total. The lowest BCUT2D eigenvalue weighted by Gasteiger charge is -2.23. The van der Waals surface area contributed by atoms with Gasteiger partial charge in [-0.2, -0.15) is 0 Å². The van der Waals surface area contributed by atoms with Gasteiger partial charge in [0.05, 0.1) is 17.3 Å². The number of rotatable bonds is 6. The number of nitrogens with zero attached hydrogens (tertiary/aromatic N) is 2. The summed E-state index contributed by atoms with van der Waals surface area (Å²) in [6.07, 6.45) is 0. The van der Waals surface area contributed by atoms with Crippen LogP contribution in [-0.4, -0.2) is 21.2 Å². The van der Waals surface area contributed by atoms with E-state index in [1.54, 1.807) is 7.05 Å². The minimum Gasteiger partial charge on any atom is -0.348 e. The average molecular weight is 388 g/mol. The Morgan fingerprint density at radius 3 is 2.69 bits per heavy atom. The Morgan fingerprint density at radius 2 is 2.00 bits per heavy atom. The van der Waals surface area contributed by atoms with Gasteiger partial charge in [0.25, 0.3) is 5.56 Å². The molecule has 0 aliphatic heterocycles. The van der Waals surface area contributed by atoms with Crippen LogP contribution in [-0.2, 0) is 11.8 Å². The zero-order valence-corrected chi connectivity index (χ0v) is 16.6. The van der Waals surface area contributed by atoms with Crippen LogP contribution in [0.15, 0.2) is 51.7 Å². The van der Waals surface area contributed by atoms with Gasteiger partial charge in [-0.05, 0) is 22.9 Å². The SMILES string of the molecule is CC(C)C(NC(=O)CSc1nc2ccsc2c(=O)n1C)c1ccccc1. The molecule has 7 heteroatoms. The zero-order chi connectivity index (χ0) is 18.7. The highest BCUT2D eigenvalue weighted by Crippen LogP contribution is 2.23. The fraction of sp³-hybridized carbons (Fsp3) is 0.316. The first-order chi connectivity index (χ1) is 12.5. The molecule has 3 aromatic rings. The van der Waals surface area contributed by atoms with Crippen LogP contribution in [0.3, 0.4) is 0 Å². The van der Waals surface area contributed by atoms with Crippen molar-refractivity contribution in [2.24, 2.45) is 13.0 Å². The number of benzene rings is 1. The van der Waals surface area contributed by atoms with E-state index in [1.165, 1.54) is 27.7 Å². The highest BCUT2D eigenvalue weighted by atomic mass is 32.2. The number of hydrogen-bond donors (Lipinski definition) is 1. The van der Waals surface area contributed by atoms with E-state index in [0.717, 1.165) is 5.56 Å². The Hall–Kier alpha value is -2.12. The number of nitrogens with one attached hydrogen (secondary N) is 1. The average Bonchev–Trinajstić information content (AvgIpc) is 3.10. The quantitative estimate of drug-likeness (QED) is 0.518. The molecule has 1 amide bonds. The molecule has 5 nitrogen and oxygen atoms in total. The van der Waals surface area contributed by atoms with Gasteiger partial charge in [0, 0.05) is 7.05 Å². The van der Waals surface area contributed by atoms with E-state index >= 15 is 0 Å². The summed E-state index contributed by atoms with van der Waals surface area (Å²) in [6.45, 7) is 4.17. The summed E-state index contributed by atoms with van der Waals surface area (Å²) in [6, 6.07) is 11.7. The van der Waals surface area contributed by atoms with Crippen molar-refractivity contribution in [2.45, 2.75) is 25.0 Å². The predicted molar refractivity (Wildman–Crippen MR) is 108 cm³/mol. The molecule has 0 aliphatic rings. The molecule has 0 aliphatic carbocycles. The third-order valence-corrected chi connectivity index (χ3v) is 6.04. The van der Waals surface area contributed by atoms with Gasteiger partial charge in [0.2, 0.25) is 5.91 Å². The molecule has 2 heterocycles. The molecule has 0 saturated carbocycles. The van der Waals surface area contributed by atoms with Crippen molar-refractivity contribution in [1.29, 1.82) is 0 Å². The third kappa shape index (κ3) is 3.99. The summed E-state index contributed by atoms with van der Waals surface area (Å²) in [5.74, 6) is 0.416. The zero-order valence-electron chi connectivity index (χ0n) is 14.9. The molecule has 1 aromatic carbocycles. The summed E-state index contributed by atoms with van der Waals surface area (Å²) < 4.78 is 2.15. The van der Waals surface area contributed by atoms with Crippen LogP contribution in [0.25, 0.3) is 10.2 Å². The minimum atomic E-state index is -0.0720. The van der Waals surface area contributed by atoms with Gasteiger partial charge in [0.15, 0.2) is 5.16 Å². The normalized spacial score (nSPS) is 12.5. The molecule has 0 fully saturated rings. The highest BCUT2D eigenvalue weighted by molar-refractivity contribution is 7.99. The highest BCUT2D eigenvalue weighted by Gasteiger charge is 2.19. The second-order valence-corrected chi connectivity index (χ2v) is 8.24. The van der Waals surface area contributed by atoms with Gasteiger partial charge < -0.3 is 5.32 Å². The van der Waals surface area contributed by atoms with Crippen LogP contribution in [0.1, 0.15) is 25.5 Å². The maximum absolute atomic E-state index is 12.5. The summed E-state index contributed by atoms with van der Waals surface area (Å²) >= 11 is 2.67. The first-order valence-corrected chi connectivity index (χ1v) is 10.2. The summed E-state index contributed by atoms with van der Waals surface area (Å²) in [7, 11) is 1.69. The Labute approximate surface area is 160 Å². The monoisotopic (exact) mass is 387 g/mol. The molecule has 0 radical (unpaired) electrons. The van der Waals surface area contributed by atoms with E-state index in [-0.39, 0.29) is 29.2 Å². The van der Waals surface area contributed by atoms with Crippen molar-refractivity contribution >= 4 is 39.2 Å². The standard InChI is InChI=1S/C19H21N3O2S2/c1-12(2)16(13-7-5-4-6-8-13)21-15(23)11-26-19-20-14-9-10-25-17(14)18(24)22(19)3/h4-10,12,16H,11H2,1-3H3,(H,21,23). The largest absolute Gasteiger partial charge is 0.348 e. The number of carbonyl (C=O) groups excluding carboxylic acids is 1. The predicted octanol–water partition coefficient (Wildman–Crippen LogP) is 3.60.